The summed E-state index contributed by atoms with van der Waals surface area (Å²) in [7, 11) is 5.08. The number of nitrogens with one attached hydrogen (secondary N) is 3. The first kappa shape index (κ1) is 30.0. The molecule has 40 heavy (non-hydrogen) atoms. The van der Waals surface area contributed by atoms with E-state index in [4.69, 9.17) is 19.3 Å². The third-order valence-electron chi connectivity index (χ3n) is 7.20. The first-order chi connectivity index (χ1) is 19.2. The van der Waals surface area contributed by atoms with Gasteiger partial charge < -0.3 is 14.5 Å². The minimum atomic E-state index is -0.389. The molecule has 1 saturated heterocycles. The van der Waals surface area contributed by atoms with Gasteiger partial charge in [-0.05, 0) is 55.9 Å². The number of H-pyrrole nitrogens is 1. The third kappa shape index (κ3) is 6.67. The Labute approximate surface area is 241 Å². The monoisotopic (exact) mass is 568 g/mol. The van der Waals surface area contributed by atoms with Crippen LogP contribution in [0, 0.1) is 5.41 Å². The molecule has 4 rings (SSSR count). The van der Waals surface area contributed by atoms with Gasteiger partial charge in [0.2, 0.25) is 0 Å². The smallest absolute Gasteiger partial charge is 0.324 e. The number of esters is 1. The van der Waals surface area contributed by atoms with Crippen LogP contribution in [0.5, 0.6) is 0 Å². The van der Waals surface area contributed by atoms with E-state index in [0.29, 0.717) is 6.42 Å². The highest BCUT2D eigenvalue weighted by molar-refractivity contribution is 7.83. The maximum absolute atomic E-state index is 12.8. The number of carbonyl (C=O) groups is 1. The molecule has 1 aliphatic rings. The van der Waals surface area contributed by atoms with Crippen molar-refractivity contribution in [2.24, 2.45) is 5.41 Å². The van der Waals surface area contributed by atoms with Crippen molar-refractivity contribution in [1.82, 2.24) is 30.9 Å². The van der Waals surface area contributed by atoms with Gasteiger partial charge in [0.15, 0.2) is 0 Å². The highest BCUT2D eigenvalue weighted by atomic mass is 32.1. The van der Waals surface area contributed by atoms with Gasteiger partial charge in [0.05, 0.1) is 53.6 Å². The lowest BCUT2D eigenvalue weighted by Gasteiger charge is -2.28. The van der Waals surface area contributed by atoms with Crippen LogP contribution >= 0.6 is 12.6 Å². The molecule has 0 radical (unpaired) electrons. The van der Waals surface area contributed by atoms with E-state index in [1.54, 1.807) is 37.9 Å². The first-order valence-electron chi connectivity index (χ1n) is 13.5. The molecule has 0 spiro atoms. The highest BCUT2D eigenvalue weighted by Gasteiger charge is 2.30. The lowest BCUT2D eigenvalue weighted by atomic mass is 9.85. The molecule has 4 heterocycles. The molecule has 1 aliphatic heterocycles. The Morgan fingerprint density at radius 1 is 1.30 bits per heavy atom. The average molecular weight is 569 g/mol. The zero-order chi connectivity index (χ0) is 28.9. The van der Waals surface area contributed by atoms with Gasteiger partial charge >= 0.3 is 5.97 Å². The molecular weight excluding hydrogens is 528 g/mol. The fourth-order valence-electron chi connectivity index (χ4n) is 4.87. The standard InChI is InChI=1S/C29H40N6O4S/c1-18(37-5)25-19(9-7-13-30-25)26-20(15-29(2,3)17-39-28(36)23-10-8-14-31-34-23)27-22(33-26)12-11-21(32-27)24(16-40)35(4)38-6/h7,9,11-13,16,18,23,31,33-34,40H,8,10,14-15,17H2,1-6H3/b24-16-/t18-,23-/m0/s1. The van der Waals surface area contributed by atoms with E-state index < -0.39 is 0 Å². The number of hydrogen-bond acceptors (Lipinski definition) is 10. The first-order valence-corrected chi connectivity index (χ1v) is 14.0. The summed E-state index contributed by atoms with van der Waals surface area (Å²) in [6.45, 7) is 7.28. The number of carbonyl (C=O) groups excluding carboxylic acids is 1. The summed E-state index contributed by atoms with van der Waals surface area (Å²) in [4.78, 5) is 31.5. The summed E-state index contributed by atoms with van der Waals surface area (Å²) in [6, 6.07) is 7.57. The molecule has 3 N–H and O–H groups in total. The number of hydroxylamine groups is 2. The molecule has 0 bridgehead atoms. The van der Waals surface area contributed by atoms with Crippen LogP contribution in [0.3, 0.4) is 0 Å². The van der Waals surface area contributed by atoms with E-state index in [2.05, 4.69) is 47.3 Å². The van der Waals surface area contributed by atoms with E-state index in [0.717, 1.165) is 64.3 Å². The van der Waals surface area contributed by atoms with Gasteiger partial charge in [-0.2, -0.15) is 0 Å². The largest absolute Gasteiger partial charge is 0.464 e. The van der Waals surface area contributed by atoms with Gasteiger partial charge in [-0.25, -0.2) is 10.4 Å². The number of hydrazine groups is 1. The van der Waals surface area contributed by atoms with Crippen molar-refractivity contribution >= 4 is 35.3 Å². The van der Waals surface area contributed by atoms with Crippen molar-refractivity contribution < 1.29 is 19.1 Å². The molecule has 3 aromatic heterocycles. The van der Waals surface area contributed by atoms with Gasteiger partial charge in [0.25, 0.3) is 0 Å². The molecular formula is C29H40N6O4S. The normalized spacial score (nSPS) is 17.2. The van der Waals surface area contributed by atoms with Crippen LogP contribution in [-0.4, -0.2) is 66.4 Å². The van der Waals surface area contributed by atoms with E-state index in [9.17, 15) is 4.79 Å². The number of pyridine rings is 2. The Morgan fingerprint density at radius 2 is 2.10 bits per heavy atom. The number of fused-ring (bicyclic) bond motifs is 1. The van der Waals surface area contributed by atoms with E-state index in [1.165, 1.54) is 0 Å². The van der Waals surface area contributed by atoms with Crippen molar-refractivity contribution in [3.8, 4) is 11.3 Å². The van der Waals surface area contributed by atoms with E-state index in [1.807, 2.05) is 31.2 Å². The molecule has 0 unspecified atom stereocenters. The SMILES string of the molecule is CO[C@@H](C)c1ncccc1-c1[nH]c2ccc(/C(=C/S)N(C)OC)nc2c1CC(C)(C)COC(=O)[C@@H]1CCCNN1. The molecule has 11 heteroatoms. The molecule has 0 saturated carbocycles. The summed E-state index contributed by atoms with van der Waals surface area (Å²) < 4.78 is 11.5. The van der Waals surface area contributed by atoms with Crippen LogP contribution in [0.4, 0.5) is 0 Å². The number of methoxy groups -OCH3 is 1. The van der Waals surface area contributed by atoms with Crippen molar-refractivity contribution in [2.45, 2.75) is 52.2 Å². The lowest BCUT2D eigenvalue weighted by molar-refractivity contribution is -0.150. The Hall–Kier alpha value is -2.96. The van der Waals surface area contributed by atoms with Gasteiger partial charge in [-0.1, -0.05) is 13.8 Å². The predicted molar refractivity (Wildman–Crippen MR) is 159 cm³/mol. The molecule has 1 fully saturated rings. The summed E-state index contributed by atoms with van der Waals surface area (Å²) in [6.07, 6.45) is 3.84. The number of aromatic amines is 1. The number of hydrogen-bond donors (Lipinski definition) is 4. The molecule has 0 aliphatic carbocycles. The van der Waals surface area contributed by atoms with Gasteiger partial charge in [-0.15, -0.1) is 12.6 Å². The van der Waals surface area contributed by atoms with Crippen LogP contribution in [0.2, 0.25) is 0 Å². The van der Waals surface area contributed by atoms with Crippen molar-refractivity contribution in [1.29, 1.82) is 0 Å². The summed E-state index contributed by atoms with van der Waals surface area (Å²) >= 11 is 4.40. The van der Waals surface area contributed by atoms with Gasteiger partial charge in [-0.3, -0.25) is 25.1 Å². The van der Waals surface area contributed by atoms with Crippen LogP contribution < -0.4 is 10.9 Å². The molecule has 2 atom stereocenters. The van der Waals surface area contributed by atoms with Crippen molar-refractivity contribution in [2.75, 3.05) is 34.4 Å². The fraction of sp³-hybridized carbons (Fsp3) is 0.483. The number of ether oxygens (including phenoxy) is 2. The summed E-state index contributed by atoms with van der Waals surface area (Å²) in [5.74, 6) is -0.241. The number of nitrogens with zero attached hydrogens (tertiary/aromatic N) is 3. The lowest BCUT2D eigenvalue weighted by Crippen LogP contribution is -2.50. The zero-order valence-electron chi connectivity index (χ0n) is 24.1. The minimum Gasteiger partial charge on any atom is -0.464 e. The average Bonchev–Trinajstić information content (AvgIpc) is 3.32. The number of aromatic nitrogens is 3. The maximum atomic E-state index is 12.8. The second-order valence-corrected chi connectivity index (χ2v) is 11.1. The third-order valence-corrected chi connectivity index (χ3v) is 7.45. The second kappa shape index (κ2) is 13.1. The van der Waals surface area contributed by atoms with Gasteiger partial charge in [0.1, 0.15) is 6.04 Å². The molecule has 0 aromatic carbocycles. The topological polar surface area (TPSA) is 114 Å². The fourth-order valence-corrected chi connectivity index (χ4v) is 5.17. The Balaban J connectivity index is 1.76. The minimum absolute atomic E-state index is 0.210. The van der Waals surface area contributed by atoms with E-state index >= 15 is 0 Å². The Kier molecular flexibility index (Phi) is 9.85. The Bertz CT molecular complexity index is 1350. The maximum Gasteiger partial charge on any atom is 0.324 e. The Morgan fingerprint density at radius 3 is 2.77 bits per heavy atom. The summed E-state index contributed by atoms with van der Waals surface area (Å²) in [5, 5.41) is 3.29. The molecule has 0 amide bonds. The number of thiol groups is 1. The van der Waals surface area contributed by atoms with Crippen LogP contribution in [0.25, 0.3) is 28.0 Å². The molecule has 216 valence electrons. The quantitative estimate of drug-likeness (QED) is 0.152. The highest BCUT2D eigenvalue weighted by Crippen LogP contribution is 2.38. The van der Waals surface area contributed by atoms with Crippen LogP contribution in [0.15, 0.2) is 35.9 Å². The zero-order valence-corrected chi connectivity index (χ0v) is 25.0. The predicted octanol–water partition coefficient (Wildman–Crippen LogP) is 4.42. The summed E-state index contributed by atoms with van der Waals surface area (Å²) in [5.41, 5.74) is 12.5. The van der Waals surface area contributed by atoms with Crippen LogP contribution in [-0.2, 0) is 25.5 Å². The van der Waals surface area contributed by atoms with Crippen LogP contribution in [0.1, 0.15) is 56.7 Å². The van der Waals surface area contributed by atoms with Crippen molar-refractivity contribution in [3.63, 3.8) is 0 Å². The van der Waals surface area contributed by atoms with E-state index in [-0.39, 0.29) is 30.1 Å². The molecule has 10 nitrogen and oxygen atoms in total. The van der Waals surface area contributed by atoms with Gasteiger partial charge in [0, 0.05) is 43.4 Å². The van der Waals surface area contributed by atoms with Crippen molar-refractivity contribution in [3.05, 3.63) is 52.8 Å². The second-order valence-electron chi connectivity index (χ2n) is 10.8. The molecule has 3 aromatic rings. The number of rotatable bonds is 11.